The zero-order chi connectivity index (χ0) is 21.0. The molecule has 1 saturated heterocycles. The number of benzene rings is 1. The first-order valence-electron chi connectivity index (χ1n) is 10.2. The van der Waals surface area contributed by atoms with Crippen LogP contribution in [-0.2, 0) is 20.7 Å². The summed E-state index contributed by atoms with van der Waals surface area (Å²) in [7, 11) is 0. The normalized spacial score (nSPS) is 16.2. The van der Waals surface area contributed by atoms with Crippen molar-refractivity contribution in [3.8, 4) is 11.1 Å². The number of amides is 1. The molecule has 1 aliphatic rings. The molecule has 1 unspecified atom stereocenters. The Morgan fingerprint density at radius 3 is 2.59 bits per heavy atom. The van der Waals surface area contributed by atoms with E-state index in [0.29, 0.717) is 29.5 Å². The molecule has 3 rings (SSSR count). The van der Waals surface area contributed by atoms with Crippen LogP contribution in [0.15, 0.2) is 24.3 Å². The fourth-order valence-corrected chi connectivity index (χ4v) is 4.70. The maximum Gasteiger partial charge on any atom is 0.341 e. The molecule has 29 heavy (non-hydrogen) atoms. The van der Waals surface area contributed by atoms with Gasteiger partial charge in [-0.05, 0) is 50.2 Å². The lowest BCUT2D eigenvalue weighted by Gasteiger charge is -2.12. The summed E-state index contributed by atoms with van der Waals surface area (Å²) >= 11 is 1.40. The maximum absolute atomic E-state index is 12.8. The van der Waals surface area contributed by atoms with Crippen molar-refractivity contribution in [2.24, 2.45) is 5.92 Å². The molecule has 2 aromatic rings. The molecule has 0 spiro atoms. The Hall–Kier alpha value is -2.18. The first kappa shape index (κ1) is 21.5. The summed E-state index contributed by atoms with van der Waals surface area (Å²) < 4.78 is 10.8. The maximum atomic E-state index is 12.8. The van der Waals surface area contributed by atoms with Crippen molar-refractivity contribution in [1.82, 2.24) is 0 Å². The van der Waals surface area contributed by atoms with Crippen LogP contribution >= 0.6 is 11.3 Å². The monoisotopic (exact) mass is 415 g/mol. The molecule has 6 heteroatoms. The van der Waals surface area contributed by atoms with Crippen molar-refractivity contribution in [1.29, 1.82) is 0 Å². The number of anilines is 1. The van der Waals surface area contributed by atoms with Crippen molar-refractivity contribution in [2.45, 2.75) is 53.1 Å². The van der Waals surface area contributed by atoms with Gasteiger partial charge in [-0.15, -0.1) is 11.3 Å². The Balaban J connectivity index is 1.96. The predicted molar refractivity (Wildman–Crippen MR) is 117 cm³/mol. The van der Waals surface area contributed by atoms with E-state index in [9.17, 15) is 9.59 Å². The largest absolute Gasteiger partial charge is 0.462 e. The van der Waals surface area contributed by atoms with Gasteiger partial charge in [0.05, 0.1) is 6.61 Å². The van der Waals surface area contributed by atoms with Crippen LogP contribution in [0.3, 0.4) is 0 Å². The van der Waals surface area contributed by atoms with Crippen LogP contribution in [0, 0.1) is 12.8 Å². The Labute approximate surface area is 176 Å². The van der Waals surface area contributed by atoms with Gasteiger partial charge in [-0.2, -0.15) is 0 Å². The highest BCUT2D eigenvalue weighted by atomic mass is 32.1. The summed E-state index contributed by atoms with van der Waals surface area (Å²) in [4.78, 5) is 26.3. The summed E-state index contributed by atoms with van der Waals surface area (Å²) in [6.45, 7) is 9.01. The fraction of sp³-hybridized carbons (Fsp3) is 0.478. The molecule has 0 radical (unpaired) electrons. The molecular formula is C23H29NO4S. The number of hydrogen-bond donors (Lipinski definition) is 1. The summed E-state index contributed by atoms with van der Waals surface area (Å²) in [5.41, 5.74) is 3.47. The average Bonchev–Trinajstić information content (AvgIpc) is 3.30. The van der Waals surface area contributed by atoms with Crippen molar-refractivity contribution in [3.63, 3.8) is 0 Å². The van der Waals surface area contributed by atoms with E-state index in [1.54, 1.807) is 6.92 Å². The average molecular weight is 416 g/mol. The first-order chi connectivity index (χ1) is 13.9. The first-order valence-corrected chi connectivity index (χ1v) is 11.0. The Morgan fingerprint density at radius 1 is 1.28 bits per heavy atom. The van der Waals surface area contributed by atoms with E-state index in [2.05, 4.69) is 31.3 Å². The van der Waals surface area contributed by atoms with Crippen LogP contribution < -0.4 is 5.32 Å². The molecule has 0 bridgehead atoms. The van der Waals surface area contributed by atoms with Gasteiger partial charge < -0.3 is 14.8 Å². The van der Waals surface area contributed by atoms with Crippen LogP contribution in [-0.4, -0.2) is 31.2 Å². The Kier molecular flexibility index (Phi) is 7.09. The number of carbonyl (C=O) groups excluding carboxylic acids is 2. The molecule has 1 aromatic carbocycles. The molecule has 0 aliphatic carbocycles. The minimum absolute atomic E-state index is 0.201. The molecule has 1 aromatic heterocycles. The Morgan fingerprint density at radius 2 is 2.00 bits per heavy atom. The highest BCUT2D eigenvalue weighted by Gasteiger charge is 2.29. The quantitative estimate of drug-likeness (QED) is 0.630. The number of ether oxygens (including phenoxy) is 2. The topological polar surface area (TPSA) is 64.6 Å². The number of hydrogen-bond acceptors (Lipinski definition) is 5. The van der Waals surface area contributed by atoms with Gasteiger partial charge in [-0.1, -0.05) is 38.1 Å². The zero-order valence-electron chi connectivity index (χ0n) is 17.5. The summed E-state index contributed by atoms with van der Waals surface area (Å²) in [5, 5.41) is 3.44. The molecule has 156 valence electrons. The highest BCUT2D eigenvalue weighted by Crippen LogP contribution is 2.40. The number of rotatable bonds is 7. The second-order valence-corrected chi connectivity index (χ2v) is 8.97. The van der Waals surface area contributed by atoms with Crippen LogP contribution in [0.5, 0.6) is 0 Å². The molecule has 1 aliphatic heterocycles. The van der Waals surface area contributed by atoms with E-state index in [1.165, 1.54) is 16.9 Å². The van der Waals surface area contributed by atoms with Crippen molar-refractivity contribution >= 4 is 28.2 Å². The molecule has 1 fully saturated rings. The van der Waals surface area contributed by atoms with E-state index in [0.717, 1.165) is 28.8 Å². The van der Waals surface area contributed by atoms with Crippen LogP contribution in [0.25, 0.3) is 11.1 Å². The van der Waals surface area contributed by atoms with Crippen LogP contribution in [0.1, 0.15) is 54.4 Å². The van der Waals surface area contributed by atoms with Crippen LogP contribution in [0.2, 0.25) is 0 Å². The van der Waals surface area contributed by atoms with Gasteiger partial charge >= 0.3 is 5.97 Å². The van der Waals surface area contributed by atoms with Gasteiger partial charge in [0.15, 0.2) is 0 Å². The predicted octanol–water partition coefficient (Wildman–Crippen LogP) is 5.22. The second kappa shape index (κ2) is 9.55. The molecule has 1 N–H and O–H groups in total. The SMILES string of the molecule is CCOC(=O)c1c(NC(=O)C2CCCO2)sc(C)c1-c1ccc(CC(C)C)cc1. The fourth-order valence-electron chi connectivity index (χ4n) is 3.63. The molecule has 2 heterocycles. The van der Waals surface area contributed by atoms with Gasteiger partial charge in [-0.3, -0.25) is 4.79 Å². The zero-order valence-corrected chi connectivity index (χ0v) is 18.4. The number of nitrogens with one attached hydrogen (secondary N) is 1. The van der Waals surface area contributed by atoms with E-state index in [-0.39, 0.29) is 12.5 Å². The third-order valence-corrected chi connectivity index (χ3v) is 5.93. The standard InChI is InChI=1S/C23H29NO4S/c1-5-27-23(26)20-19(17-10-8-16(9-11-17)13-14(2)3)15(4)29-22(20)24-21(25)18-7-6-12-28-18/h8-11,14,18H,5-7,12-13H2,1-4H3,(H,24,25). The molecule has 5 nitrogen and oxygen atoms in total. The number of esters is 1. The lowest BCUT2D eigenvalue weighted by Crippen LogP contribution is -2.27. The number of carbonyl (C=O) groups is 2. The van der Waals surface area contributed by atoms with Crippen LogP contribution in [0.4, 0.5) is 5.00 Å². The van der Waals surface area contributed by atoms with E-state index in [1.807, 2.05) is 19.1 Å². The molecule has 1 atom stereocenters. The van der Waals surface area contributed by atoms with Crippen molar-refractivity contribution in [3.05, 3.63) is 40.3 Å². The molecule has 0 saturated carbocycles. The highest BCUT2D eigenvalue weighted by molar-refractivity contribution is 7.17. The summed E-state index contributed by atoms with van der Waals surface area (Å²) in [5.74, 6) is -0.0349. The van der Waals surface area contributed by atoms with Crippen molar-refractivity contribution in [2.75, 3.05) is 18.5 Å². The third-order valence-electron chi connectivity index (χ3n) is 4.91. The minimum atomic E-state index is -0.453. The minimum Gasteiger partial charge on any atom is -0.462 e. The van der Waals surface area contributed by atoms with E-state index in [4.69, 9.17) is 9.47 Å². The summed E-state index contributed by atoms with van der Waals surface area (Å²) in [6, 6.07) is 8.29. The lowest BCUT2D eigenvalue weighted by molar-refractivity contribution is -0.124. The molecule has 1 amide bonds. The third kappa shape index (κ3) is 5.06. The van der Waals surface area contributed by atoms with Gasteiger partial charge in [0.1, 0.15) is 16.7 Å². The summed E-state index contributed by atoms with van der Waals surface area (Å²) in [6.07, 6.45) is 2.14. The van der Waals surface area contributed by atoms with Gasteiger partial charge in [0, 0.05) is 17.0 Å². The number of thiophene rings is 1. The van der Waals surface area contributed by atoms with Gasteiger partial charge in [0.25, 0.3) is 5.91 Å². The van der Waals surface area contributed by atoms with Gasteiger partial charge in [-0.25, -0.2) is 4.79 Å². The van der Waals surface area contributed by atoms with E-state index < -0.39 is 12.1 Å². The van der Waals surface area contributed by atoms with E-state index >= 15 is 0 Å². The number of aryl methyl sites for hydroxylation is 1. The second-order valence-electron chi connectivity index (χ2n) is 7.74. The smallest absolute Gasteiger partial charge is 0.341 e. The lowest BCUT2D eigenvalue weighted by atomic mass is 9.97. The Bertz CT molecular complexity index is 864. The van der Waals surface area contributed by atoms with Gasteiger partial charge in [0.2, 0.25) is 0 Å². The van der Waals surface area contributed by atoms with Crippen molar-refractivity contribution < 1.29 is 19.1 Å². The molecular weight excluding hydrogens is 386 g/mol.